The minimum atomic E-state index is -0.0369. The standard InChI is InChI=1S/C14H22N4O/c1-3-18-7-6-11(10-18)8-17-14(19)12-4-5-13(15-2)16-9-12/h4-5,9,11H,3,6-8,10H2,1-2H3,(H,15,16)(H,17,19). The van der Waals surface area contributed by atoms with Crippen LogP contribution < -0.4 is 10.6 Å². The maximum Gasteiger partial charge on any atom is 0.252 e. The molecule has 0 bridgehead atoms. The molecule has 1 fully saturated rings. The molecule has 0 aliphatic carbocycles. The van der Waals surface area contributed by atoms with Gasteiger partial charge in [-0.25, -0.2) is 4.98 Å². The van der Waals surface area contributed by atoms with Crippen LogP contribution in [0.4, 0.5) is 5.82 Å². The van der Waals surface area contributed by atoms with Crippen LogP contribution in [0.1, 0.15) is 23.7 Å². The zero-order valence-electron chi connectivity index (χ0n) is 11.6. The topological polar surface area (TPSA) is 57.3 Å². The average molecular weight is 262 g/mol. The first-order valence-corrected chi connectivity index (χ1v) is 6.87. The monoisotopic (exact) mass is 262 g/mol. The molecular weight excluding hydrogens is 240 g/mol. The molecule has 104 valence electrons. The Hall–Kier alpha value is -1.62. The third-order valence-corrected chi connectivity index (χ3v) is 3.65. The molecule has 5 nitrogen and oxygen atoms in total. The number of hydrogen-bond donors (Lipinski definition) is 2. The minimum Gasteiger partial charge on any atom is -0.373 e. The van der Waals surface area contributed by atoms with Gasteiger partial charge in [-0.05, 0) is 37.6 Å². The van der Waals surface area contributed by atoms with E-state index < -0.39 is 0 Å². The molecule has 2 heterocycles. The molecule has 0 saturated carbocycles. The number of pyridine rings is 1. The van der Waals surface area contributed by atoms with E-state index in [1.165, 1.54) is 6.42 Å². The largest absolute Gasteiger partial charge is 0.373 e. The zero-order valence-corrected chi connectivity index (χ0v) is 11.6. The summed E-state index contributed by atoms with van der Waals surface area (Å²) < 4.78 is 0. The normalized spacial score (nSPS) is 19.4. The van der Waals surface area contributed by atoms with E-state index in [0.29, 0.717) is 11.5 Å². The summed E-state index contributed by atoms with van der Waals surface area (Å²) in [6.07, 6.45) is 2.78. The molecule has 1 aromatic rings. The first-order chi connectivity index (χ1) is 9.22. The summed E-state index contributed by atoms with van der Waals surface area (Å²) in [6, 6.07) is 3.60. The molecule has 1 aromatic heterocycles. The van der Waals surface area contributed by atoms with E-state index in [1.807, 2.05) is 13.1 Å². The fourth-order valence-electron chi connectivity index (χ4n) is 2.38. The molecule has 5 heteroatoms. The lowest BCUT2D eigenvalue weighted by Crippen LogP contribution is -2.31. The van der Waals surface area contributed by atoms with Gasteiger partial charge in [0.25, 0.3) is 5.91 Å². The SMILES string of the molecule is CCN1CCC(CNC(=O)c2ccc(NC)nc2)C1. The summed E-state index contributed by atoms with van der Waals surface area (Å²) in [6.45, 7) is 6.27. The number of carbonyl (C=O) groups is 1. The molecule has 1 amide bonds. The van der Waals surface area contributed by atoms with Gasteiger partial charge in [-0.1, -0.05) is 6.92 Å². The first-order valence-electron chi connectivity index (χ1n) is 6.87. The second-order valence-electron chi connectivity index (χ2n) is 4.94. The van der Waals surface area contributed by atoms with Crippen LogP contribution in [0.15, 0.2) is 18.3 Å². The quantitative estimate of drug-likeness (QED) is 0.837. The van der Waals surface area contributed by atoms with Crippen LogP contribution in [0.3, 0.4) is 0 Å². The molecule has 1 aliphatic rings. The van der Waals surface area contributed by atoms with Gasteiger partial charge in [0.1, 0.15) is 5.82 Å². The molecule has 19 heavy (non-hydrogen) atoms. The smallest absolute Gasteiger partial charge is 0.252 e. The van der Waals surface area contributed by atoms with Gasteiger partial charge in [0.2, 0.25) is 0 Å². The fourth-order valence-corrected chi connectivity index (χ4v) is 2.38. The van der Waals surface area contributed by atoms with E-state index in [-0.39, 0.29) is 5.91 Å². The highest BCUT2D eigenvalue weighted by Gasteiger charge is 2.21. The van der Waals surface area contributed by atoms with E-state index in [9.17, 15) is 4.79 Å². The lowest BCUT2D eigenvalue weighted by molar-refractivity contribution is 0.0947. The Morgan fingerprint density at radius 1 is 1.53 bits per heavy atom. The molecule has 2 rings (SSSR count). The van der Waals surface area contributed by atoms with Gasteiger partial charge in [-0.3, -0.25) is 4.79 Å². The molecule has 1 aliphatic heterocycles. The molecule has 1 atom stereocenters. The average Bonchev–Trinajstić information content (AvgIpc) is 2.93. The first kappa shape index (κ1) is 13.8. The van der Waals surface area contributed by atoms with Gasteiger partial charge in [0.05, 0.1) is 5.56 Å². The Labute approximate surface area is 114 Å². The summed E-state index contributed by atoms with van der Waals surface area (Å²) in [4.78, 5) is 18.5. The van der Waals surface area contributed by atoms with Crippen molar-refractivity contribution in [2.75, 3.05) is 38.5 Å². The van der Waals surface area contributed by atoms with Gasteiger partial charge in [-0.15, -0.1) is 0 Å². The highest BCUT2D eigenvalue weighted by molar-refractivity contribution is 5.94. The van der Waals surface area contributed by atoms with Crippen molar-refractivity contribution in [3.05, 3.63) is 23.9 Å². The second-order valence-corrected chi connectivity index (χ2v) is 4.94. The van der Waals surface area contributed by atoms with Crippen LogP contribution in [0.25, 0.3) is 0 Å². The highest BCUT2D eigenvalue weighted by Crippen LogP contribution is 2.14. The van der Waals surface area contributed by atoms with Crippen LogP contribution in [-0.4, -0.2) is 49.0 Å². The number of rotatable bonds is 5. The zero-order chi connectivity index (χ0) is 13.7. The van der Waals surface area contributed by atoms with E-state index in [1.54, 1.807) is 12.3 Å². The lowest BCUT2D eigenvalue weighted by atomic mass is 10.1. The Morgan fingerprint density at radius 2 is 2.37 bits per heavy atom. The predicted octanol–water partition coefficient (Wildman–Crippen LogP) is 1.19. The second kappa shape index (κ2) is 6.52. The number of hydrogen-bond acceptors (Lipinski definition) is 4. The summed E-state index contributed by atoms with van der Waals surface area (Å²) in [5.41, 5.74) is 0.615. The highest BCUT2D eigenvalue weighted by atomic mass is 16.1. The Balaban J connectivity index is 1.80. The van der Waals surface area contributed by atoms with Crippen LogP contribution in [0.2, 0.25) is 0 Å². The third kappa shape index (κ3) is 3.67. The van der Waals surface area contributed by atoms with Crippen molar-refractivity contribution >= 4 is 11.7 Å². The van der Waals surface area contributed by atoms with Crippen LogP contribution in [-0.2, 0) is 0 Å². The van der Waals surface area contributed by atoms with Gasteiger partial charge in [-0.2, -0.15) is 0 Å². The number of likely N-dealkylation sites (tertiary alicyclic amines) is 1. The van der Waals surface area contributed by atoms with Crippen molar-refractivity contribution in [3.8, 4) is 0 Å². The van der Waals surface area contributed by atoms with Crippen LogP contribution in [0.5, 0.6) is 0 Å². The number of anilines is 1. The molecule has 0 radical (unpaired) electrons. The summed E-state index contributed by atoms with van der Waals surface area (Å²) in [5, 5.41) is 5.93. The summed E-state index contributed by atoms with van der Waals surface area (Å²) in [7, 11) is 1.81. The maximum absolute atomic E-state index is 12.0. The van der Waals surface area contributed by atoms with Crippen molar-refractivity contribution in [3.63, 3.8) is 0 Å². The lowest BCUT2D eigenvalue weighted by Gasteiger charge is -2.13. The van der Waals surface area contributed by atoms with Crippen molar-refractivity contribution in [2.45, 2.75) is 13.3 Å². The van der Waals surface area contributed by atoms with Gasteiger partial charge in [0.15, 0.2) is 0 Å². The maximum atomic E-state index is 12.0. The number of amides is 1. The van der Waals surface area contributed by atoms with Crippen LogP contribution in [0, 0.1) is 5.92 Å². The number of nitrogens with one attached hydrogen (secondary N) is 2. The molecule has 0 spiro atoms. The molecular formula is C14H22N4O. The summed E-state index contributed by atoms with van der Waals surface area (Å²) in [5.74, 6) is 1.31. The van der Waals surface area contributed by atoms with E-state index in [2.05, 4.69) is 27.4 Å². The Kier molecular flexibility index (Phi) is 4.74. The Bertz CT molecular complexity index is 418. The van der Waals surface area contributed by atoms with E-state index >= 15 is 0 Å². The van der Waals surface area contributed by atoms with Crippen molar-refractivity contribution in [1.29, 1.82) is 0 Å². The van der Waals surface area contributed by atoms with Crippen molar-refractivity contribution in [2.24, 2.45) is 5.92 Å². The number of aromatic nitrogens is 1. The fraction of sp³-hybridized carbons (Fsp3) is 0.571. The number of nitrogens with zero attached hydrogens (tertiary/aromatic N) is 2. The van der Waals surface area contributed by atoms with Crippen molar-refractivity contribution < 1.29 is 4.79 Å². The Morgan fingerprint density at radius 3 is 2.95 bits per heavy atom. The van der Waals surface area contributed by atoms with Gasteiger partial charge in [0, 0.05) is 26.3 Å². The third-order valence-electron chi connectivity index (χ3n) is 3.65. The molecule has 1 unspecified atom stereocenters. The number of carbonyl (C=O) groups excluding carboxylic acids is 1. The minimum absolute atomic E-state index is 0.0369. The van der Waals surface area contributed by atoms with Crippen molar-refractivity contribution in [1.82, 2.24) is 15.2 Å². The predicted molar refractivity (Wildman–Crippen MR) is 76.3 cm³/mol. The van der Waals surface area contributed by atoms with Gasteiger partial charge < -0.3 is 15.5 Å². The summed E-state index contributed by atoms with van der Waals surface area (Å²) >= 11 is 0. The van der Waals surface area contributed by atoms with E-state index in [0.717, 1.165) is 32.0 Å². The van der Waals surface area contributed by atoms with E-state index in [4.69, 9.17) is 0 Å². The van der Waals surface area contributed by atoms with Gasteiger partial charge >= 0.3 is 0 Å². The van der Waals surface area contributed by atoms with Crippen LogP contribution >= 0.6 is 0 Å². The molecule has 2 N–H and O–H groups in total. The molecule has 1 saturated heterocycles. The molecule has 0 aromatic carbocycles.